The van der Waals surface area contributed by atoms with Gasteiger partial charge in [-0.3, -0.25) is 4.90 Å². The van der Waals surface area contributed by atoms with Crippen LogP contribution in [0.5, 0.6) is 5.75 Å². The Hall–Kier alpha value is -1.27. The Labute approximate surface area is 122 Å². The van der Waals surface area contributed by atoms with Crippen LogP contribution < -0.4 is 4.74 Å². The standard InChI is InChI=1S/C15H20F3NO2/c1-15(10-20)5-2-6-19(9-15)8-11-3-4-13(12(16)7-11)21-14(17)18/h3-4,7,14,20H,2,5-6,8-10H2,1H3. The van der Waals surface area contributed by atoms with E-state index in [-0.39, 0.29) is 12.0 Å². The molecule has 1 aromatic rings. The number of alkyl halides is 2. The number of benzene rings is 1. The smallest absolute Gasteiger partial charge is 0.387 e. The number of hydrogen-bond donors (Lipinski definition) is 1. The third kappa shape index (κ3) is 4.35. The molecule has 0 radical (unpaired) electrons. The molecular formula is C15H20F3NO2. The van der Waals surface area contributed by atoms with Crippen molar-refractivity contribution in [3.63, 3.8) is 0 Å². The number of halogens is 3. The van der Waals surface area contributed by atoms with Gasteiger partial charge >= 0.3 is 6.61 Å². The number of likely N-dealkylation sites (tertiary alicyclic amines) is 1. The zero-order valence-corrected chi connectivity index (χ0v) is 12.0. The van der Waals surface area contributed by atoms with Crippen LogP contribution in [0.4, 0.5) is 13.2 Å². The van der Waals surface area contributed by atoms with Crippen molar-refractivity contribution in [1.82, 2.24) is 4.90 Å². The summed E-state index contributed by atoms with van der Waals surface area (Å²) < 4.78 is 41.9. The van der Waals surface area contributed by atoms with Gasteiger partial charge in [0.05, 0.1) is 0 Å². The number of ether oxygens (including phenoxy) is 1. The summed E-state index contributed by atoms with van der Waals surface area (Å²) in [5.74, 6) is -1.22. The van der Waals surface area contributed by atoms with E-state index in [1.54, 1.807) is 6.07 Å². The van der Waals surface area contributed by atoms with Gasteiger partial charge in [0.2, 0.25) is 0 Å². The summed E-state index contributed by atoms with van der Waals surface area (Å²) in [6.07, 6.45) is 1.95. The molecule has 118 valence electrons. The van der Waals surface area contributed by atoms with Gasteiger partial charge in [-0.2, -0.15) is 8.78 Å². The van der Waals surface area contributed by atoms with Crippen LogP contribution in [0.3, 0.4) is 0 Å². The molecular weight excluding hydrogens is 283 g/mol. The minimum atomic E-state index is -3.03. The van der Waals surface area contributed by atoms with E-state index in [9.17, 15) is 18.3 Å². The normalized spacial score (nSPS) is 23.5. The number of piperidine rings is 1. The zero-order valence-electron chi connectivity index (χ0n) is 12.0. The maximum Gasteiger partial charge on any atom is 0.387 e. The molecule has 1 N–H and O–H groups in total. The molecule has 1 saturated heterocycles. The van der Waals surface area contributed by atoms with Gasteiger partial charge in [0, 0.05) is 25.1 Å². The first-order valence-corrected chi connectivity index (χ1v) is 6.98. The molecule has 0 spiro atoms. The van der Waals surface area contributed by atoms with Gasteiger partial charge in [-0.05, 0) is 37.1 Å². The summed E-state index contributed by atoms with van der Waals surface area (Å²) >= 11 is 0. The summed E-state index contributed by atoms with van der Waals surface area (Å²) in [5, 5.41) is 9.42. The molecule has 0 aliphatic carbocycles. The third-order valence-electron chi connectivity index (χ3n) is 3.86. The van der Waals surface area contributed by atoms with Crippen LogP contribution in [0.25, 0.3) is 0 Å². The fraction of sp³-hybridized carbons (Fsp3) is 0.600. The van der Waals surface area contributed by atoms with Gasteiger partial charge in [0.15, 0.2) is 11.6 Å². The van der Waals surface area contributed by atoms with Gasteiger partial charge < -0.3 is 9.84 Å². The van der Waals surface area contributed by atoms with Crippen molar-refractivity contribution in [2.45, 2.75) is 32.9 Å². The molecule has 1 atom stereocenters. The van der Waals surface area contributed by atoms with Crippen LogP contribution in [0.2, 0.25) is 0 Å². The summed E-state index contributed by atoms with van der Waals surface area (Å²) in [5.41, 5.74) is 0.575. The predicted octanol–water partition coefficient (Wildman–Crippen LogP) is 3.02. The van der Waals surface area contributed by atoms with Crippen molar-refractivity contribution in [2.75, 3.05) is 19.7 Å². The lowest BCUT2D eigenvalue weighted by molar-refractivity contribution is -0.0522. The molecule has 6 heteroatoms. The minimum absolute atomic E-state index is 0.124. The number of aliphatic hydroxyl groups excluding tert-OH is 1. The lowest BCUT2D eigenvalue weighted by Gasteiger charge is -2.39. The van der Waals surface area contributed by atoms with Gasteiger partial charge in [0.25, 0.3) is 0 Å². The highest BCUT2D eigenvalue weighted by molar-refractivity contribution is 5.29. The van der Waals surface area contributed by atoms with Crippen LogP contribution in [0.15, 0.2) is 18.2 Å². The number of nitrogens with zero attached hydrogens (tertiary/aromatic N) is 1. The molecule has 2 rings (SSSR count). The second kappa shape index (κ2) is 6.66. The summed E-state index contributed by atoms with van der Waals surface area (Å²) in [7, 11) is 0. The molecule has 1 unspecified atom stereocenters. The third-order valence-corrected chi connectivity index (χ3v) is 3.86. The van der Waals surface area contributed by atoms with E-state index in [4.69, 9.17) is 0 Å². The van der Waals surface area contributed by atoms with E-state index in [1.165, 1.54) is 12.1 Å². The molecule has 3 nitrogen and oxygen atoms in total. The first-order chi connectivity index (χ1) is 9.92. The van der Waals surface area contributed by atoms with Crippen LogP contribution in [-0.4, -0.2) is 36.3 Å². The molecule has 0 aromatic heterocycles. The number of aliphatic hydroxyl groups is 1. The van der Waals surface area contributed by atoms with Gasteiger partial charge in [-0.15, -0.1) is 0 Å². The summed E-state index contributed by atoms with van der Waals surface area (Å²) in [6.45, 7) is 1.27. The average Bonchev–Trinajstić information content (AvgIpc) is 2.42. The predicted molar refractivity (Wildman–Crippen MR) is 72.7 cm³/mol. The average molecular weight is 303 g/mol. The monoisotopic (exact) mass is 303 g/mol. The summed E-state index contributed by atoms with van der Waals surface area (Å²) in [4.78, 5) is 2.14. The number of rotatable bonds is 5. The molecule has 21 heavy (non-hydrogen) atoms. The Kier molecular flexibility index (Phi) is 5.11. The fourth-order valence-corrected chi connectivity index (χ4v) is 2.78. The number of hydrogen-bond acceptors (Lipinski definition) is 3. The van der Waals surface area contributed by atoms with Crippen molar-refractivity contribution in [3.05, 3.63) is 29.6 Å². The maximum atomic E-state index is 13.7. The maximum absolute atomic E-state index is 13.7. The Morgan fingerprint density at radius 3 is 2.81 bits per heavy atom. The van der Waals surface area contributed by atoms with Crippen LogP contribution in [-0.2, 0) is 6.54 Å². The van der Waals surface area contributed by atoms with Crippen LogP contribution >= 0.6 is 0 Å². The van der Waals surface area contributed by atoms with Crippen molar-refractivity contribution in [3.8, 4) is 5.75 Å². The SMILES string of the molecule is CC1(CO)CCCN(Cc2ccc(OC(F)F)c(F)c2)C1. The van der Waals surface area contributed by atoms with E-state index in [2.05, 4.69) is 9.64 Å². The Morgan fingerprint density at radius 2 is 2.19 bits per heavy atom. The largest absolute Gasteiger partial charge is 0.432 e. The zero-order chi connectivity index (χ0) is 15.5. The molecule has 0 saturated carbocycles. The Balaban J connectivity index is 2.01. The van der Waals surface area contributed by atoms with Gasteiger partial charge in [-0.25, -0.2) is 4.39 Å². The Bertz CT molecular complexity index is 484. The van der Waals surface area contributed by atoms with E-state index >= 15 is 0 Å². The highest BCUT2D eigenvalue weighted by atomic mass is 19.3. The minimum Gasteiger partial charge on any atom is -0.432 e. The van der Waals surface area contributed by atoms with Gasteiger partial charge in [0.1, 0.15) is 0 Å². The molecule has 0 bridgehead atoms. The first-order valence-electron chi connectivity index (χ1n) is 6.98. The highest BCUT2D eigenvalue weighted by Crippen LogP contribution is 2.30. The van der Waals surface area contributed by atoms with Crippen molar-refractivity contribution in [2.24, 2.45) is 5.41 Å². The molecule has 1 aliphatic rings. The first kappa shape index (κ1) is 16.1. The molecule has 1 fully saturated rings. The molecule has 1 aromatic carbocycles. The molecule has 1 heterocycles. The van der Waals surface area contributed by atoms with Crippen LogP contribution in [0, 0.1) is 11.2 Å². The lowest BCUT2D eigenvalue weighted by Crippen LogP contribution is -2.43. The highest BCUT2D eigenvalue weighted by Gasteiger charge is 2.30. The second-order valence-electron chi connectivity index (χ2n) is 5.93. The fourth-order valence-electron chi connectivity index (χ4n) is 2.78. The van der Waals surface area contributed by atoms with Crippen LogP contribution in [0.1, 0.15) is 25.3 Å². The quantitative estimate of drug-likeness (QED) is 0.907. The lowest BCUT2D eigenvalue weighted by atomic mass is 9.82. The van der Waals surface area contributed by atoms with E-state index < -0.39 is 18.2 Å². The van der Waals surface area contributed by atoms with E-state index in [1.807, 2.05) is 6.92 Å². The van der Waals surface area contributed by atoms with Crippen molar-refractivity contribution in [1.29, 1.82) is 0 Å². The summed E-state index contributed by atoms with van der Waals surface area (Å²) in [6, 6.07) is 4.04. The molecule has 0 amide bonds. The van der Waals surface area contributed by atoms with E-state index in [0.29, 0.717) is 12.1 Å². The van der Waals surface area contributed by atoms with E-state index in [0.717, 1.165) is 25.9 Å². The second-order valence-corrected chi connectivity index (χ2v) is 5.93. The Morgan fingerprint density at radius 1 is 1.43 bits per heavy atom. The topological polar surface area (TPSA) is 32.7 Å². The van der Waals surface area contributed by atoms with Crippen molar-refractivity contribution < 1.29 is 23.0 Å². The van der Waals surface area contributed by atoms with Crippen molar-refractivity contribution >= 4 is 0 Å². The molecule has 1 aliphatic heterocycles. The van der Waals surface area contributed by atoms with Gasteiger partial charge in [-0.1, -0.05) is 13.0 Å².